The molecule has 1 N–H and O–H groups in total. The largest absolute Gasteiger partial charge is 0.391 e. The topological polar surface area (TPSA) is 33.1 Å². The lowest BCUT2D eigenvalue weighted by Crippen LogP contribution is -2.37. The van der Waals surface area contributed by atoms with Crippen LogP contribution in [0.5, 0.6) is 0 Å². The Hall–Kier alpha value is 0.290. The zero-order valence-electron chi connectivity index (χ0n) is 12.8. The minimum atomic E-state index is -0.267. The van der Waals surface area contributed by atoms with Gasteiger partial charge in [0.2, 0.25) is 0 Å². The first-order valence-corrected chi connectivity index (χ1v) is 10.3. The van der Waals surface area contributed by atoms with E-state index in [1.807, 2.05) is 23.5 Å². The number of rotatable bonds is 4. The number of nitrogens with zero attached hydrogens (tertiary/aromatic N) is 1. The maximum atomic E-state index is 10.6. The molecule has 2 nitrogen and oxygen atoms in total. The molecule has 2 heterocycles. The number of hydrogen-bond acceptors (Lipinski definition) is 5. The molecular weight excluding hydrogens is 306 g/mol. The Bertz CT molecular complexity index is 427. The molecule has 0 saturated carbocycles. The molecule has 114 valence electrons. The molecule has 0 aromatic carbocycles. The first-order valence-electron chi connectivity index (χ1n) is 7.28. The van der Waals surface area contributed by atoms with Gasteiger partial charge in [0.15, 0.2) is 0 Å². The van der Waals surface area contributed by atoms with Gasteiger partial charge in [0.1, 0.15) is 0 Å². The van der Waals surface area contributed by atoms with Gasteiger partial charge >= 0.3 is 0 Å². The van der Waals surface area contributed by atoms with Crippen LogP contribution in [-0.4, -0.2) is 38.2 Å². The smallest absolute Gasteiger partial charge is 0.0954 e. The highest BCUT2D eigenvalue weighted by Gasteiger charge is 2.31. The van der Waals surface area contributed by atoms with Gasteiger partial charge in [-0.25, -0.2) is 4.98 Å². The van der Waals surface area contributed by atoms with Gasteiger partial charge in [0, 0.05) is 39.2 Å². The first-order chi connectivity index (χ1) is 9.41. The van der Waals surface area contributed by atoms with Crippen LogP contribution in [-0.2, 0) is 11.8 Å². The molecule has 3 atom stereocenters. The third-order valence-corrected chi connectivity index (χ3v) is 7.84. The van der Waals surface area contributed by atoms with E-state index in [2.05, 4.69) is 33.1 Å². The van der Waals surface area contributed by atoms with Crippen molar-refractivity contribution in [3.8, 4) is 0 Å². The van der Waals surface area contributed by atoms with Gasteiger partial charge in [0.25, 0.3) is 0 Å². The Kier molecular flexibility index (Phi) is 5.86. The van der Waals surface area contributed by atoms with Crippen LogP contribution in [0.15, 0.2) is 5.38 Å². The van der Waals surface area contributed by atoms with E-state index in [9.17, 15) is 5.11 Å². The Morgan fingerprint density at radius 2 is 2.05 bits per heavy atom. The van der Waals surface area contributed by atoms with Crippen LogP contribution in [0, 0.1) is 0 Å². The molecule has 1 fully saturated rings. The summed E-state index contributed by atoms with van der Waals surface area (Å²) in [6.07, 6.45) is 1.58. The quantitative estimate of drug-likeness (QED) is 0.905. The Balaban J connectivity index is 2.00. The summed E-state index contributed by atoms with van der Waals surface area (Å²) < 4.78 is 0. The minimum Gasteiger partial charge on any atom is -0.391 e. The van der Waals surface area contributed by atoms with Crippen LogP contribution in [0.25, 0.3) is 0 Å². The molecule has 0 aliphatic carbocycles. The van der Waals surface area contributed by atoms with Gasteiger partial charge in [-0.15, -0.1) is 11.3 Å². The van der Waals surface area contributed by atoms with Gasteiger partial charge in [-0.2, -0.15) is 23.5 Å². The van der Waals surface area contributed by atoms with Crippen LogP contribution in [0.4, 0.5) is 0 Å². The molecule has 20 heavy (non-hydrogen) atoms. The number of aliphatic hydroxyl groups excluding tert-OH is 1. The molecule has 1 aromatic rings. The van der Waals surface area contributed by atoms with Crippen LogP contribution in [0.1, 0.15) is 44.8 Å². The molecule has 0 spiro atoms. The highest BCUT2D eigenvalue weighted by atomic mass is 32.2. The Morgan fingerprint density at radius 1 is 1.35 bits per heavy atom. The van der Waals surface area contributed by atoms with E-state index in [-0.39, 0.29) is 11.5 Å². The fourth-order valence-electron chi connectivity index (χ4n) is 2.34. The average Bonchev–Trinajstić information content (AvgIpc) is 2.87. The summed E-state index contributed by atoms with van der Waals surface area (Å²) in [5.74, 6) is 2.38. The van der Waals surface area contributed by atoms with Gasteiger partial charge < -0.3 is 5.11 Å². The third kappa shape index (κ3) is 4.15. The summed E-state index contributed by atoms with van der Waals surface area (Å²) in [7, 11) is 0. The molecule has 5 heteroatoms. The fourth-order valence-corrected chi connectivity index (χ4v) is 6.56. The molecule has 0 radical (unpaired) electrons. The van der Waals surface area contributed by atoms with Gasteiger partial charge in [-0.1, -0.05) is 27.7 Å². The molecule has 1 aromatic heterocycles. The second-order valence-electron chi connectivity index (χ2n) is 6.30. The van der Waals surface area contributed by atoms with Gasteiger partial charge in [-0.3, -0.25) is 0 Å². The van der Waals surface area contributed by atoms with Crippen LogP contribution >= 0.6 is 34.9 Å². The normalized spacial score (nSPS) is 25.6. The zero-order chi connectivity index (χ0) is 14.8. The van der Waals surface area contributed by atoms with Crippen LogP contribution in [0.3, 0.4) is 0 Å². The predicted molar refractivity (Wildman–Crippen MR) is 93.3 cm³/mol. The number of thiazole rings is 1. The predicted octanol–water partition coefficient (Wildman–Crippen LogP) is 3.97. The number of thioether (sulfide) groups is 2. The van der Waals surface area contributed by atoms with Crippen LogP contribution < -0.4 is 0 Å². The number of aliphatic hydroxyl groups is 1. The first kappa shape index (κ1) is 16.7. The van der Waals surface area contributed by atoms with Crippen molar-refractivity contribution in [1.29, 1.82) is 0 Å². The lowest BCUT2D eigenvalue weighted by atomic mass is 9.93. The summed E-state index contributed by atoms with van der Waals surface area (Å²) >= 11 is 5.65. The Morgan fingerprint density at radius 3 is 2.65 bits per heavy atom. The molecule has 1 aliphatic heterocycles. The highest BCUT2D eigenvalue weighted by Crippen LogP contribution is 2.36. The van der Waals surface area contributed by atoms with Gasteiger partial charge in [0.05, 0.1) is 16.8 Å². The van der Waals surface area contributed by atoms with Crippen molar-refractivity contribution in [2.45, 2.75) is 62.6 Å². The second-order valence-corrected chi connectivity index (χ2v) is 9.88. The lowest BCUT2D eigenvalue weighted by molar-refractivity contribution is 0.169. The molecule has 2 rings (SSSR count). The highest BCUT2D eigenvalue weighted by molar-refractivity contribution is 8.07. The van der Waals surface area contributed by atoms with E-state index >= 15 is 0 Å². The summed E-state index contributed by atoms with van der Waals surface area (Å²) in [5, 5.41) is 14.7. The fraction of sp³-hybridized carbons (Fsp3) is 0.800. The van der Waals surface area contributed by atoms with Crippen molar-refractivity contribution in [3.63, 3.8) is 0 Å². The summed E-state index contributed by atoms with van der Waals surface area (Å²) in [6, 6.07) is 0. The van der Waals surface area contributed by atoms with Crippen molar-refractivity contribution < 1.29 is 5.11 Å². The standard InChI is InChI=1S/C15H25NOS3/c1-5-11-14(19-7-6-18-11)10(17)8-13-16-12(9-20-13)15(2,3)4/h9-11,14,17H,5-8H2,1-4H3. The monoisotopic (exact) mass is 331 g/mol. The summed E-state index contributed by atoms with van der Waals surface area (Å²) in [6.45, 7) is 8.78. The zero-order valence-corrected chi connectivity index (χ0v) is 15.2. The summed E-state index contributed by atoms with van der Waals surface area (Å²) in [4.78, 5) is 4.71. The molecule has 0 bridgehead atoms. The van der Waals surface area contributed by atoms with Crippen molar-refractivity contribution in [1.82, 2.24) is 4.98 Å². The molecule has 1 aliphatic rings. The molecule has 1 saturated heterocycles. The van der Waals surface area contributed by atoms with E-state index in [1.54, 1.807) is 11.3 Å². The second kappa shape index (κ2) is 7.03. The Labute approximate surface area is 135 Å². The number of aromatic nitrogens is 1. The maximum Gasteiger partial charge on any atom is 0.0954 e. The molecule has 3 unspecified atom stereocenters. The van der Waals surface area contributed by atoms with E-state index in [4.69, 9.17) is 4.98 Å². The summed E-state index contributed by atoms with van der Waals surface area (Å²) in [5.41, 5.74) is 1.24. The molecule has 0 amide bonds. The van der Waals surface area contributed by atoms with E-state index in [0.717, 1.165) is 22.9 Å². The average molecular weight is 332 g/mol. The van der Waals surface area contributed by atoms with Crippen LogP contribution in [0.2, 0.25) is 0 Å². The van der Waals surface area contributed by atoms with E-state index in [0.29, 0.717) is 16.9 Å². The van der Waals surface area contributed by atoms with E-state index in [1.165, 1.54) is 5.75 Å². The number of hydrogen-bond donors (Lipinski definition) is 1. The van der Waals surface area contributed by atoms with Crippen molar-refractivity contribution in [2.24, 2.45) is 0 Å². The maximum absolute atomic E-state index is 10.6. The lowest BCUT2D eigenvalue weighted by Gasteiger charge is -2.33. The molecular formula is C15H25NOS3. The van der Waals surface area contributed by atoms with Gasteiger partial charge in [-0.05, 0) is 6.42 Å². The third-order valence-electron chi connectivity index (χ3n) is 3.58. The van der Waals surface area contributed by atoms with Crippen molar-refractivity contribution in [2.75, 3.05) is 11.5 Å². The van der Waals surface area contributed by atoms with Crippen molar-refractivity contribution in [3.05, 3.63) is 16.1 Å². The van der Waals surface area contributed by atoms with Crippen molar-refractivity contribution >= 4 is 34.9 Å². The SMILES string of the molecule is CCC1SCCSC1C(O)Cc1nc(C(C)(C)C)cs1. The minimum absolute atomic E-state index is 0.0983. The van der Waals surface area contributed by atoms with E-state index < -0.39 is 0 Å².